The van der Waals surface area contributed by atoms with Crippen LogP contribution >= 0.6 is 0 Å². The first-order valence-electron chi connectivity index (χ1n) is 5.91. The van der Waals surface area contributed by atoms with Gasteiger partial charge in [0, 0.05) is 17.2 Å². The Hall–Kier alpha value is -2.02. The van der Waals surface area contributed by atoms with Crippen LogP contribution in [0.25, 0.3) is 0 Å². The fraction of sp³-hybridized carbons (Fsp3) is 0.385. The molecule has 0 amide bonds. The van der Waals surface area contributed by atoms with Gasteiger partial charge < -0.3 is 11.1 Å². The molecule has 0 bridgehead atoms. The van der Waals surface area contributed by atoms with Crippen molar-refractivity contribution in [3.63, 3.8) is 0 Å². The Morgan fingerprint density at radius 3 is 2.88 bits per heavy atom. The molecular weight excluding hydrogens is 212 g/mol. The van der Waals surface area contributed by atoms with Crippen molar-refractivity contribution in [1.82, 2.24) is 4.98 Å². The first kappa shape index (κ1) is 10.2. The second kappa shape index (κ2) is 3.49. The summed E-state index contributed by atoms with van der Waals surface area (Å²) in [6.45, 7) is 0. The number of nitrogens with one attached hydrogen (secondary N) is 1. The Balaban J connectivity index is 2.25. The van der Waals surface area contributed by atoms with E-state index in [1.54, 1.807) is 6.20 Å². The standard InChI is InChI=1S/C13H14N4/c14-8-10-11(15)17-12-9(4-3-7-16-12)13(10)5-1-2-6-13/h3-4,7H,1-2,5-6,15H2,(H,16,17). The van der Waals surface area contributed by atoms with Gasteiger partial charge in [-0.2, -0.15) is 5.26 Å². The predicted octanol–water partition coefficient (Wildman–Crippen LogP) is 2.01. The Morgan fingerprint density at radius 2 is 2.18 bits per heavy atom. The smallest absolute Gasteiger partial charge is 0.135 e. The Labute approximate surface area is 100 Å². The molecule has 1 aromatic heterocycles. The van der Waals surface area contributed by atoms with Crippen LogP contribution in [-0.4, -0.2) is 4.98 Å². The molecule has 1 aliphatic heterocycles. The lowest BCUT2D eigenvalue weighted by atomic mass is 9.71. The molecule has 0 atom stereocenters. The van der Waals surface area contributed by atoms with Crippen LogP contribution in [0.2, 0.25) is 0 Å². The highest BCUT2D eigenvalue weighted by Gasteiger charge is 2.45. The van der Waals surface area contributed by atoms with Crippen molar-refractivity contribution < 1.29 is 0 Å². The summed E-state index contributed by atoms with van der Waals surface area (Å²) in [7, 11) is 0. The Bertz CT molecular complexity index is 533. The summed E-state index contributed by atoms with van der Waals surface area (Å²) in [5, 5.41) is 12.4. The van der Waals surface area contributed by atoms with E-state index in [4.69, 9.17) is 5.73 Å². The largest absolute Gasteiger partial charge is 0.384 e. The van der Waals surface area contributed by atoms with Gasteiger partial charge in [-0.15, -0.1) is 0 Å². The zero-order valence-corrected chi connectivity index (χ0v) is 9.53. The minimum Gasteiger partial charge on any atom is -0.384 e. The van der Waals surface area contributed by atoms with E-state index in [1.807, 2.05) is 6.07 Å². The van der Waals surface area contributed by atoms with Gasteiger partial charge in [0.25, 0.3) is 0 Å². The van der Waals surface area contributed by atoms with Gasteiger partial charge in [-0.05, 0) is 18.9 Å². The van der Waals surface area contributed by atoms with Crippen molar-refractivity contribution in [1.29, 1.82) is 5.26 Å². The van der Waals surface area contributed by atoms with Crippen LogP contribution < -0.4 is 11.1 Å². The van der Waals surface area contributed by atoms with E-state index in [0.29, 0.717) is 11.4 Å². The lowest BCUT2D eigenvalue weighted by Crippen LogP contribution is -2.34. The van der Waals surface area contributed by atoms with Crippen molar-refractivity contribution in [3.05, 3.63) is 35.3 Å². The van der Waals surface area contributed by atoms with Crippen molar-refractivity contribution >= 4 is 5.82 Å². The third-order valence-corrected chi connectivity index (χ3v) is 3.89. The molecule has 0 aromatic carbocycles. The highest BCUT2D eigenvalue weighted by atomic mass is 15.1. The topological polar surface area (TPSA) is 74.7 Å². The van der Waals surface area contributed by atoms with E-state index in [0.717, 1.165) is 37.1 Å². The van der Waals surface area contributed by atoms with E-state index >= 15 is 0 Å². The molecule has 2 heterocycles. The maximum absolute atomic E-state index is 9.36. The number of pyridine rings is 1. The van der Waals surface area contributed by atoms with E-state index in [-0.39, 0.29) is 5.41 Å². The number of fused-ring (bicyclic) bond motifs is 2. The van der Waals surface area contributed by atoms with Crippen molar-refractivity contribution in [2.45, 2.75) is 31.1 Å². The molecule has 4 heteroatoms. The molecular formula is C13H14N4. The van der Waals surface area contributed by atoms with Gasteiger partial charge in [-0.3, -0.25) is 0 Å². The van der Waals surface area contributed by atoms with Crippen LogP contribution in [0.15, 0.2) is 29.7 Å². The number of hydrogen-bond donors (Lipinski definition) is 2. The van der Waals surface area contributed by atoms with E-state index in [2.05, 4.69) is 22.4 Å². The molecule has 4 nitrogen and oxygen atoms in total. The summed E-state index contributed by atoms with van der Waals surface area (Å²) < 4.78 is 0. The van der Waals surface area contributed by atoms with Gasteiger partial charge in [-0.25, -0.2) is 4.98 Å². The van der Waals surface area contributed by atoms with E-state index in [1.165, 1.54) is 0 Å². The molecule has 17 heavy (non-hydrogen) atoms. The SMILES string of the molecule is N#CC1=C(N)Nc2ncccc2C12CCCC2. The van der Waals surface area contributed by atoms with E-state index < -0.39 is 0 Å². The Morgan fingerprint density at radius 1 is 1.41 bits per heavy atom. The molecule has 0 radical (unpaired) electrons. The molecule has 0 saturated heterocycles. The number of anilines is 1. The number of nitrogens with zero attached hydrogens (tertiary/aromatic N) is 2. The lowest BCUT2D eigenvalue weighted by molar-refractivity contribution is 0.524. The minimum absolute atomic E-state index is 0.187. The van der Waals surface area contributed by atoms with Gasteiger partial charge in [0.05, 0.1) is 11.6 Å². The second-order valence-corrected chi connectivity index (χ2v) is 4.71. The fourth-order valence-corrected chi connectivity index (χ4v) is 3.14. The van der Waals surface area contributed by atoms with Crippen molar-refractivity contribution in [2.24, 2.45) is 5.73 Å². The fourth-order valence-electron chi connectivity index (χ4n) is 3.14. The lowest BCUT2D eigenvalue weighted by Gasteiger charge is -2.35. The zero-order valence-electron chi connectivity index (χ0n) is 9.53. The Kier molecular flexibility index (Phi) is 2.08. The molecule has 1 fully saturated rings. The van der Waals surface area contributed by atoms with Gasteiger partial charge in [0.15, 0.2) is 0 Å². The summed E-state index contributed by atoms with van der Waals surface area (Å²) in [5.41, 5.74) is 7.60. The molecule has 2 aliphatic rings. The first-order valence-corrected chi connectivity index (χ1v) is 5.91. The monoisotopic (exact) mass is 226 g/mol. The third kappa shape index (κ3) is 1.26. The molecule has 3 rings (SSSR count). The predicted molar refractivity (Wildman–Crippen MR) is 64.8 cm³/mol. The first-order chi connectivity index (χ1) is 8.28. The van der Waals surface area contributed by atoms with Crippen LogP contribution in [0.5, 0.6) is 0 Å². The van der Waals surface area contributed by atoms with Gasteiger partial charge in [-0.1, -0.05) is 18.9 Å². The van der Waals surface area contributed by atoms with Crippen LogP contribution in [0.1, 0.15) is 31.2 Å². The molecule has 1 aliphatic carbocycles. The molecule has 0 unspecified atom stereocenters. The van der Waals surface area contributed by atoms with Gasteiger partial charge >= 0.3 is 0 Å². The minimum atomic E-state index is -0.187. The summed E-state index contributed by atoms with van der Waals surface area (Å²) in [5.74, 6) is 1.28. The van der Waals surface area contributed by atoms with Crippen LogP contribution in [0.3, 0.4) is 0 Å². The van der Waals surface area contributed by atoms with Crippen LogP contribution in [-0.2, 0) is 5.41 Å². The van der Waals surface area contributed by atoms with Crippen LogP contribution in [0, 0.1) is 11.3 Å². The number of nitriles is 1. The molecule has 1 saturated carbocycles. The van der Waals surface area contributed by atoms with Crippen molar-refractivity contribution in [3.8, 4) is 6.07 Å². The maximum atomic E-state index is 9.36. The summed E-state index contributed by atoms with van der Waals surface area (Å²) in [4.78, 5) is 4.32. The van der Waals surface area contributed by atoms with Gasteiger partial charge in [0.2, 0.25) is 0 Å². The van der Waals surface area contributed by atoms with E-state index in [9.17, 15) is 5.26 Å². The maximum Gasteiger partial charge on any atom is 0.135 e. The highest BCUT2D eigenvalue weighted by molar-refractivity contribution is 5.64. The quantitative estimate of drug-likeness (QED) is 0.709. The summed E-state index contributed by atoms with van der Waals surface area (Å²) in [6, 6.07) is 6.28. The summed E-state index contributed by atoms with van der Waals surface area (Å²) >= 11 is 0. The normalized spacial score (nSPS) is 20.9. The van der Waals surface area contributed by atoms with Crippen LogP contribution in [0.4, 0.5) is 5.82 Å². The molecule has 1 aromatic rings. The third-order valence-electron chi connectivity index (χ3n) is 3.89. The molecule has 1 spiro atoms. The van der Waals surface area contributed by atoms with Gasteiger partial charge in [0.1, 0.15) is 11.6 Å². The number of hydrogen-bond acceptors (Lipinski definition) is 4. The number of aromatic nitrogens is 1. The average Bonchev–Trinajstić information content (AvgIpc) is 2.80. The molecule has 3 N–H and O–H groups in total. The highest BCUT2D eigenvalue weighted by Crippen LogP contribution is 2.50. The number of rotatable bonds is 0. The number of allylic oxidation sites excluding steroid dienone is 1. The summed E-state index contributed by atoms with van der Waals surface area (Å²) in [6.07, 6.45) is 6.03. The zero-order chi connectivity index (χ0) is 11.9. The number of nitrogens with two attached hydrogens (primary N) is 1. The molecule has 86 valence electrons. The second-order valence-electron chi connectivity index (χ2n) is 4.71. The van der Waals surface area contributed by atoms with Crippen molar-refractivity contribution in [2.75, 3.05) is 5.32 Å². The average molecular weight is 226 g/mol.